The zero-order valence-electron chi connectivity index (χ0n) is 12.5. The molecule has 2 N–H and O–H groups in total. The Labute approximate surface area is 128 Å². The molecule has 22 heavy (non-hydrogen) atoms. The van der Waals surface area contributed by atoms with E-state index < -0.39 is 0 Å². The molecule has 1 aliphatic heterocycles. The van der Waals surface area contributed by atoms with E-state index in [2.05, 4.69) is 26.8 Å². The monoisotopic (exact) mass is 294 g/mol. The summed E-state index contributed by atoms with van der Waals surface area (Å²) in [5.41, 5.74) is 7.92. The van der Waals surface area contributed by atoms with Crippen LogP contribution in [0.5, 0.6) is 0 Å². The summed E-state index contributed by atoms with van der Waals surface area (Å²) in [6, 6.07) is 10.4. The topological polar surface area (TPSA) is 72.9 Å². The molecule has 0 saturated carbocycles. The molecule has 1 atom stereocenters. The Balaban J connectivity index is 1.83. The van der Waals surface area contributed by atoms with Gasteiger partial charge in [0.15, 0.2) is 0 Å². The average molecular weight is 294 g/mol. The molecule has 2 aromatic heterocycles. The molecular weight excluding hydrogens is 276 g/mol. The summed E-state index contributed by atoms with van der Waals surface area (Å²) < 4.78 is 1.88. The summed E-state index contributed by atoms with van der Waals surface area (Å²) in [4.78, 5) is 15.5. The molecule has 1 fully saturated rings. The molecule has 0 aliphatic carbocycles. The van der Waals surface area contributed by atoms with Crippen molar-refractivity contribution >= 4 is 22.8 Å². The first-order valence-corrected chi connectivity index (χ1v) is 7.56. The highest BCUT2D eigenvalue weighted by Crippen LogP contribution is 2.26. The molecule has 0 bridgehead atoms. The molecular formula is C16H18N6. The largest absolute Gasteiger partial charge is 0.369 e. The zero-order chi connectivity index (χ0) is 15.1. The third kappa shape index (κ3) is 1.99. The second-order valence-corrected chi connectivity index (χ2v) is 5.71. The molecule has 3 heterocycles. The van der Waals surface area contributed by atoms with E-state index in [1.165, 1.54) is 12.8 Å². The summed E-state index contributed by atoms with van der Waals surface area (Å²) in [6.07, 6.45) is 4.01. The standard InChI is InChI=1S/C16H18N6/c1-11-5-4-8-21(11)14-9-15(19-10-18-14)22-13-7-3-2-6-12(13)20-16(22)17/h2-3,6-7,9-11H,4-5,8H2,1H3,(H2,17,20). The van der Waals surface area contributed by atoms with Crippen LogP contribution in [0.1, 0.15) is 19.8 Å². The minimum Gasteiger partial charge on any atom is -0.369 e. The van der Waals surface area contributed by atoms with Crippen molar-refractivity contribution in [3.05, 3.63) is 36.7 Å². The highest BCUT2D eigenvalue weighted by molar-refractivity contribution is 5.80. The molecule has 1 unspecified atom stereocenters. The fourth-order valence-electron chi connectivity index (χ4n) is 3.18. The van der Waals surface area contributed by atoms with Gasteiger partial charge in [0.1, 0.15) is 18.0 Å². The molecule has 6 heteroatoms. The van der Waals surface area contributed by atoms with Crippen LogP contribution < -0.4 is 10.6 Å². The lowest BCUT2D eigenvalue weighted by molar-refractivity contribution is 0.725. The number of hydrogen-bond donors (Lipinski definition) is 1. The van der Waals surface area contributed by atoms with Crippen LogP contribution in [-0.4, -0.2) is 32.1 Å². The summed E-state index contributed by atoms with van der Waals surface area (Å²) in [5, 5.41) is 0. The number of hydrogen-bond acceptors (Lipinski definition) is 5. The molecule has 112 valence electrons. The summed E-state index contributed by atoms with van der Waals surface area (Å²) >= 11 is 0. The first-order chi connectivity index (χ1) is 10.7. The van der Waals surface area contributed by atoms with Crippen molar-refractivity contribution in [2.24, 2.45) is 0 Å². The number of anilines is 2. The Morgan fingerprint density at radius 2 is 2.00 bits per heavy atom. The lowest BCUT2D eigenvalue weighted by Crippen LogP contribution is -2.27. The molecule has 0 amide bonds. The molecule has 1 aliphatic rings. The van der Waals surface area contributed by atoms with E-state index >= 15 is 0 Å². The van der Waals surface area contributed by atoms with Crippen molar-refractivity contribution in [2.75, 3.05) is 17.2 Å². The maximum absolute atomic E-state index is 6.09. The van der Waals surface area contributed by atoms with Gasteiger partial charge in [-0.15, -0.1) is 0 Å². The number of fused-ring (bicyclic) bond motifs is 1. The van der Waals surface area contributed by atoms with Crippen LogP contribution in [-0.2, 0) is 0 Å². The molecule has 6 nitrogen and oxygen atoms in total. The van der Waals surface area contributed by atoms with Crippen LogP contribution >= 0.6 is 0 Å². The highest BCUT2D eigenvalue weighted by Gasteiger charge is 2.22. The number of para-hydroxylation sites is 2. The average Bonchev–Trinajstić information content (AvgIpc) is 3.09. The number of benzene rings is 1. The number of imidazole rings is 1. The van der Waals surface area contributed by atoms with Crippen molar-refractivity contribution in [1.29, 1.82) is 0 Å². The van der Waals surface area contributed by atoms with Gasteiger partial charge in [-0.25, -0.2) is 15.0 Å². The predicted molar refractivity (Wildman–Crippen MR) is 87.1 cm³/mol. The number of nitrogen functional groups attached to an aromatic ring is 1. The van der Waals surface area contributed by atoms with E-state index in [1.54, 1.807) is 6.33 Å². The highest BCUT2D eigenvalue weighted by atomic mass is 15.3. The van der Waals surface area contributed by atoms with Gasteiger partial charge in [0, 0.05) is 18.7 Å². The first kappa shape index (κ1) is 13.1. The number of aromatic nitrogens is 4. The van der Waals surface area contributed by atoms with Crippen LogP contribution in [0.15, 0.2) is 36.7 Å². The number of nitrogens with two attached hydrogens (primary N) is 1. The van der Waals surface area contributed by atoms with Gasteiger partial charge in [0.05, 0.1) is 11.0 Å². The van der Waals surface area contributed by atoms with Crippen LogP contribution in [0.2, 0.25) is 0 Å². The normalized spacial score (nSPS) is 18.2. The Kier molecular flexibility index (Phi) is 2.96. The van der Waals surface area contributed by atoms with E-state index in [1.807, 2.05) is 34.9 Å². The lowest BCUT2D eigenvalue weighted by Gasteiger charge is -2.22. The van der Waals surface area contributed by atoms with E-state index in [9.17, 15) is 0 Å². The molecule has 0 radical (unpaired) electrons. The van der Waals surface area contributed by atoms with Crippen LogP contribution in [0.3, 0.4) is 0 Å². The SMILES string of the molecule is CC1CCCN1c1cc(-n2c(N)nc3ccccc32)ncn1. The Morgan fingerprint density at radius 3 is 2.82 bits per heavy atom. The van der Waals surface area contributed by atoms with E-state index in [0.717, 1.165) is 29.2 Å². The lowest BCUT2D eigenvalue weighted by atomic mass is 10.2. The van der Waals surface area contributed by atoms with Crippen molar-refractivity contribution in [2.45, 2.75) is 25.8 Å². The molecule has 0 spiro atoms. The predicted octanol–water partition coefficient (Wildman–Crippen LogP) is 2.39. The minimum atomic E-state index is 0.445. The van der Waals surface area contributed by atoms with E-state index in [4.69, 9.17) is 5.73 Å². The molecule has 4 rings (SSSR count). The number of rotatable bonds is 2. The van der Waals surface area contributed by atoms with Crippen LogP contribution in [0.25, 0.3) is 16.9 Å². The zero-order valence-corrected chi connectivity index (χ0v) is 12.5. The maximum Gasteiger partial charge on any atom is 0.207 e. The maximum atomic E-state index is 6.09. The first-order valence-electron chi connectivity index (χ1n) is 7.56. The fourth-order valence-corrected chi connectivity index (χ4v) is 3.18. The van der Waals surface area contributed by atoms with Gasteiger partial charge in [-0.2, -0.15) is 0 Å². The van der Waals surface area contributed by atoms with Gasteiger partial charge in [-0.3, -0.25) is 4.57 Å². The van der Waals surface area contributed by atoms with Gasteiger partial charge in [0.2, 0.25) is 5.95 Å². The summed E-state index contributed by atoms with van der Waals surface area (Å²) in [6.45, 7) is 3.27. The van der Waals surface area contributed by atoms with Gasteiger partial charge in [0.25, 0.3) is 0 Å². The smallest absolute Gasteiger partial charge is 0.207 e. The van der Waals surface area contributed by atoms with Gasteiger partial charge < -0.3 is 10.6 Å². The van der Waals surface area contributed by atoms with Crippen molar-refractivity contribution in [3.8, 4) is 5.82 Å². The summed E-state index contributed by atoms with van der Waals surface area (Å²) in [7, 11) is 0. The fraction of sp³-hybridized carbons (Fsp3) is 0.312. The van der Waals surface area contributed by atoms with Crippen molar-refractivity contribution in [3.63, 3.8) is 0 Å². The van der Waals surface area contributed by atoms with Crippen molar-refractivity contribution in [1.82, 2.24) is 19.5 Å². The Bertz CT molecular complexity index is 824. The van der Waals surface area contributed by atoms with E-state index in [0.29, 0.717) is 12.0 Å². The van der Waals surface area contributed by atoms with Crippen molar-refractivity contribution < 1.29 is 0 Å². The third-order valence-corrected chi connectivity index (χ3v) is 4.30. The van der Waals surface area contributed by atoms with Crippen LogP contribution in [0, 0.1) is 0 Å². The van der Waals surface area contributed by atoms with Gasteiger partial charge in [-0.05, 0) is 31.9 Å². The molecule has 1 aromatic carbocycles. The summed E-state index contributed by atoms with van der Waals surface area (Å²) in [5.74, 6) is 2.16. The second kappa shape index (κ2) is 4.98. The molecule has 3 aromatic rings. The number of nitrogens with zero attached hydrogens (tertiary/aromatic N) is 5. The third-order valence-electron chi connectivity index (χ3n) is 4.30. The van der Waals surface area contributed by atoms with E-state index in [-0.39, 0.29) is 0 Å². The Morgan fingerprint density at radius 1 is 1.18 bits per heavy atom. The molecule has 1 saturated heterocycles. The Hall–Kier alpha value is -2.63. The minimum absolute atomic E-state index is 0.445. The van der Waals surface area contributed by atoms with Gasteiger partial charge >= 0.3 is 0 Å². The second-order valence-electron chi connectivity index (χ2n) is 5.71. The quantitative estimate of drug-likeness (QED) is 0.785. The van der Waals surface area contributed by atoms with Gasteiger partial charge in [-0.1, -0.05) is 12.1 Å². The van der Waals surface area contributed by atoms with Crippen LogP contribution in [0.4, 0.5) is 11.8 Å².